The Bertz CT molecular complexity index is 572. The lowest BCUT2D eigenvalue weighted by atomic mass is 9.92. The molecule has 2 aromatic rings. The lowest BCUT2D eigenvalue weighted by Gasteiger charge is -2.18. The first kappa shape index (κ1) is 15.4. The predicted octanol–water partition coefficient (Wildman–Crippen LogP) is 6.11. The van der Waals surface area contributed by atoms with Crippen molar-refractivity contribution in [2.45, 2.75) is 30.2 Å². The summed E-state index contributed by atoms with van der Waals surface area (Å²) in [6.45, 7) is 9.70. The van der Waals surface area contributed by atoms with Crippen molar-refractivity contribution in [1.29, 1.82) is 0 Å². The molecule has 104 valence electrons. The van der Waals surface area contributed by atoms with Crippen LogP contribution in [0, 0.1) is 6.57 Å². The van der Waals surface area contributed by atoms with Crippen LogP contribution in [0.25, 0.3) is 4.85 Å². The zero-order valence-corrected chi connectivity index (χ0v) is 13.7. The van der Waals surface area contributed by atoms with Crippen LogP contribution in [0.1, 0.15) is 24.6 Å². The normalized spacial score (nSPS) is 13.7. The molecule has 4 heteroatoms. The third-order valence-corrected chi connectivity index (χ3v) is 5.71. The van der Waals surface area contributed by atoms with E-state index in [2.05, 4.69) is 23.2 Å². The third-order valence-electron chi connectivity index (χ3n) is 3.38. The zero-order valence-electron chi connectivity index (χ0n) is 11.3. The Morgan fingerprint density at radius 3 is 2.60 bits per heavy atom. The Morgan fingerprint density at radius 2 is 2.05 bits per heavy atom. The fourth-order valence-electron chi connectivity index (χ4n) is 2.08. The molecule has 0 aliphatic heterocycles. The maximum Gasteiger partial charge on any atom is 0.267 e. The minimum Gasteiger partial charge on any atom is -0.304 e. The van der Waals surface area contributed by atoms with Crippen LogP contribution >= 0.6 is 34.7 Å². The van der Waals surface area contributed by atoms with Gasteiger partial charge < -0.3 is 4.85 Å². The lowest BCUT2D eigenvalue weighted by Crippen LogP contribution is -2.20. The summed E-state index contributed by atoms with van der Waals surface area (Å²) in [6, 6.07) is 12.0. The van der Waals surface area contributed by atoms with Crippen molar-refractivity contribution in [1.82, 2.24) is 0 Å². The van der Waals surface area contributed by atoms with Gasteiger partial charge in [-0.15, -0.1) is 23.1 Å². The van der Waals surface area contributed by atoms with Crippen molar-refractivity contribution < 1.29 is 0 Å². The van der Waals surface area contributed by atoms with E-state index >= 15 is 0 Å². The maximum absolute atomic E-state index is 7.60. The van der Waals surface area contributed by atoms with Crippen molar-refractivity contribution in [3.8, 4) is 0 Å². The van der Waals surface area contributed by atoms with Gasteiger partial charge in [-0.25, -0.2) is 6.57 Å². The molecule has 0 bridgehead atoms. The van der Waals surface area contributed by atoms with Gasteiger partial charge in [0.25, 0.3) is 5.54 Å². The van der Waals surface area contributed by atoms with E-state index in [4.69, 9.17) is 18.2 Å². The molecule has 1 aromatic carbocycles. The van der Waals surface area contributed by atoms with E-state index in [0.29, 0.717) is 0 Å². The molecule has 0 aliphatic rings. The molecule has 1 aromatic heterocycles. The van der Waals surface area contributed by atoms with Gasteiger partial charge in [0, 0.05) is 28.5 Å². The lowest BCUT2D eigenvalue weighted by molar-refractivity contribution is 0.507. The average Bonchev–Trinajstić information content (AvgIpc) is 3.01. The van der Waals surface area contributed by atoms with E-state index in [1.54, 1.807) is 23.1 Å². The van der Waals surface area contributed by atoms with Gasteiger partial charge in [0.2, 0.25) is 0 Å². The van der Waals surface area contributed by atoms with Crippen molar-refractivity contribution in [2.75, 3.05) is 5.75 Å². The number of hydrogen-bond acceptors (Lipinski definition) is 2. The molecule has 0 radical (unpaired) electrons. The average molecular weight is 322 g/mol. The monoisotopic (exact) mass is 321 g/mol. The van der Waals surface area contributed by atoms with Gasteiger partial charge in [-0.05, 0) is 35.7 Å². The maximum atomic E-state index is 7.60. The highest BCUT2D eigenvalue weighted by Crippen LogP contribution is 2.38. The summed E-state index contributed by atoms with van der Waals surface area (Å²) in [5.41, 5.74) is -0.354. The van der Waals surface area contributed by atoms with Crippen LogP contribution in [0.4, 0.5) is 0 Å². The first-order valence-electron chi connectivity index (χ1n) is 6.51. The molecule has 0 aliphatic carbocycles. The van der Waals surface area contributed by atoms with Gasteiger partial charge in [-0.2, -0.15) is 0 Å². The fraction of sp³-hybridized carbons (Fsp3) is 0.312. The van der Waals surface area contributed by atoms with Gasteiger partial charge >= 0.3 is 0 Å². The number of halogens is 1. The number of nitrogens with zero attached hydrogens (tertiary/aromatic N) is 1. The van der Waals surface area contributed by atoms with Crippen LogP contribution in [0.2, 0.25) is 5.02 Å². The first-order chi connectivity index (χ1) is 9.70. The topological polar surface area (TPSA) is 4.36 Å². The predicted molar refractivity (Wildman–Crippen MR) is 89.7 cm³/mol. The smallest absolute Gasteiger partial charge is 0.267 e. The van der Waals surface area contributed by atoms with Crippen LogP contribution in [-0.2, 0) is 5.54 Å². The van der Waals surface area contributed by atoms with Gasteiger partial charge in [-0.3, -0.25) is 0 Å². The van der Waals surface area contributed by atoms with Crippen molar-refractivity contribution in [3.63, 3.8) is 0 Å². The zero-order chi connectivity index (χ0) is 14.4. The third kappa shape index (κ3) is 3.58. The summed E-state index contributed by atoms with van der Waals surface area (Å²) in [4.78, 5) is 6.34. The SMILES string of the molecule is [C-]#[N+]C(CC)(CCSc1ccc(Cl)cc1)c1cccs1. The van der Waals surface area contributed by atoms with Gasteiger partial charge in [0.05, 0.1) is 4.88 Å². The van der Waals surface area contributed by atoms with Crippen molar-refractivity contribution >= 4 is 34.7 Å². The molecule has 1 nitrogen and oxygen atoms in total. The van der Waals surface area contributed by atoms with Gasteiger partial charge in [0.1, 0.15) is 0 Å². The van der Waals surface area contributed by atoms with E-state index < -0.39 is 0 Å². The first-order valence-corrected chi connectivity index (χ1v) is 8.75. The molecule has 1 heterocycles. The largest absolute Gasteiger partial charge is 0.304 e. The summed E-state index contributed by atoms with van der Waals surface area (Å²) in [6.07, 6.45) is 1.74. The van der Waals surface area contributed by atoms with Crippen LogP contribution in [-0.4, -0.2) is 5.75 Å². The molecule has 1 atom stereocenters. The summed E-state index contributed by atoms with van der Waals surface area (Å²) in [5, 5.41) is 2.81. The fourth-order valence-corrected chi connectivity index (χ4v) is 4.18. The molecule has 0 N–H and O–H groups in total. The number of thiophene rings is 1. The van der Waals surface area contributed by atoms with Crippen molar-refractivity contribution in [3.05, 3.63) is 63.1 Å². The molecule has 0 saturated carbocycles. The molecular weight excluding hydrogens is 306 g/mol. The molecule has 0 amide bonds. The molecule has 1 unspecified atom stereocenters. The second-order valence-corrected chi connectivity index (χ2v) is 7.08. The molecule has 20 heavy (non-hydrogen) atoms. The van der Waals surface area contributed by atoms with Gasteiger partial charge in [-0.1, -0.05) is 24.6 Å². The highest BCUT2D eigenvalue weighted by molar-refractivity contribution is 7.99. The number of benzene rings is 1. The minimum absolute atomic E-state index is 0.354. The number of hydrogen-bond donors (Lipinski definition) is 0. The Balaban J connectivity index is 2.00. The Hall–Kier alpha value is -0.950. The minimum atomic E-state index is -0.354. The van der Waals surface area contributed by atoms with E-state index in [1.165, 1.54) is 9.77 Å². The quantitative estimate of drug-likeness (QED) is 0.459. The van der Waals surface area contributed by atoms with E-state index in [0.717, 1.165) is 23.6 Å². The van der Waals surface area contributed by atoms with Gasteiger partial charge in [0.15, 0.2) is 0 Å². The Morgan fingerprint density at radius 1 is 1.30 bits per heavy atom. The van der Waals surface area contributed by atoms with Crippen LogP contribution < -0.4 is 0 Å². The Kier molecular flexibility index (Phi) is 5.54. The molecule has 2 rings (SSSR count). The number of thioether (sulfide) groups is 1. The van der Waals surface area contributed by atoms with E-state index in [9.17, 15) is 0 Å². The summed E-state index contributed by atoms with van der Waals surface area (Å²) >= 11 is 9.36. The van der Waals surface area contributed by atoms with Crippen LogP contribution in [0.5, 0.6) is 0 Å². The number of rotatable bonds is 6. The molecule has 0 fully saturated rings. The second-order valence-electron chi connectivity index (χ2n) is 4.53. The van der Waals surface area contributed by atoms with E-state index in [-0.39, 0.29) is 5.54 Å². The highest BCUT2D eigenvalue weighted by Gasteiger charge is 2.37. The summed E-state index contributed by atoms with van der Waals surface area (Å²) < 4.78 is 0. The van der Waals surface area contributed by atoms with Crippen LogP contribution in [0.15, 0.2) is 46.7 Å². The van der Waals surface area contributed by atoms with Crippen LogP contribution in [0.3, 0.4) is 0 Å². The summed E-state index contributed by atoms with van der Waals surface area (Å²) in [7, 11) is 0. The summed E-state index contributed by atoms with van der Waals surface area (Å²) in [5.74, 6) is 0.940. The Labute approximate surface area is 133 Å². The van der Waals surface area contributed by atoms with E-state index in [1.807, 2.05) is 30.3 Å². The molecule has 0 saturated heterocycles. The highest BCUT2D eigenvalue weighted by atomic mass is 35.5. The molecular formula is C16H16ClNS2. The second kappa shape index (κ2) is 7.17. The standard InChI is InChI=1S/C16H16ClNS2/c1-3-16(18-2,15-5-4-11-20-15)10-12-19-14-8-6-13(17)7-9-14/h4-9,11H,3,10,12H2,1H3. The molecule has 0 spiro atoms. The van der Waals surface area contributed by atoms with Crippen molar-refractivity contribution in [2.24, 2.45) is 0 Å².